The quantitative estimate of drug-likeness (QED) is 0.494. The van der Waals surface area contributed by atoms with Crippen LogP contribution in [0.2, 0.25) is 5.02 Å². The molecule has 8 nitrogen and oxygen atoms in total. The third-order valence-corrected chi connectivity index (χ3v) is 6.00. The molecule has 0 saturated carbocycles. The van der Waals surface area contributed by atoms with Crippen LogP contribution in [0.25, 0.3) is 0 Å². The lowest BCUT2D eigenvalue weighted by molar-refractivity contribution is -0.142. The van der Waals surface area contributed by atoms with E-state index >= 15 is 0 Å². The van der Waals surface area contributed by atoms with E-state index in [2.05, 4.69) is 0 Å². The predicted octanol–water partition coefficient (Wildman–Crippen LogP) is 2.12. The first-order valence-electron chi connectivity index (χ1n) is 8.08. The first kappa shape index (κ1) is 20.1. The fraction of sp³-hybridized carbons (Fsp3) is 0.222. The molecule has 28 heavy (non-hydrogen) atoms. The molecule has 1 aliphatic rings. The number of likely N-dealkylation sites (N-methyl/N-ethyl adjacent to an activating group) is 1. The van der Waals surface area contributed by atoms with E-state index < -0.39 is 34.9 Å². The van der Waals surface area contributed by atoms with Crippen molar-refractivity contribution in [1.29, 1.82) is 0 Å². The fourth-order valence-electron chi connectivity index (χ4n) is 2.40. The number of carbonyl (C=O) groups excluding carboxylic acids is 2. The number of carbonyl (C=O) groups is 2. The van der Waals surface area contributed by atoms with Crippen LogP contribution in [-0.4, -0.2) is 51.5 Å². The number of benzene rings is 2. The lowest BCUT2D eigenvalue weighted by Crippen LogP contribution is -2.33. The number of ketones is 1. The van der Waals surface area contributed by atoms with Gasteiger partial charge in [0.2, 0.25) is 16.8 Å². The predicted molar refractivity (Wildman–Crippen MR) is 99.1 cm³/mol. The second-order valence-electron chi connectivity index (χ2n) is 5.87. The first-order chi connectivity index (χ1) is 13.3. The largest absolute Gasteiger partial charge is 0.456 e. The summed E-state index contributed by atoms with van der Waals surface area (Å²) in [5.41, 5.74) is 0.291. The van der Waals surface area contributed by atoms with Crippen LogP contribution >= 0.6 is 11.6 Å². The van der Waals surface area contributed by atoms with Gasteiger partial charge in [-0.05, 0) is 42.5 Å². The molecule has 2 aromatic rings. The highest BCUT2D eigenvalue weighted by Gasteiger charge is 2.24. The molecule has 0 aromatic heterocycles. The van der Waals surface area contributed by atoms with Crippen molar-refractivity contribution in [3.8, 4) is 11.5 Å². The highest BCUT2D eigenvalue weighted by molar-refractivity contribution is 7.89. The summed E-state index contributed by atoms with van der Waals surface area (Å²) in [5.74, 6) is -0.336. The molecular weight excluding hydrogens is 410 g/mol. The maximum atomic E-state index is 12.4. The topological polar surface area (TPSA) is 99.2 Å². The van der Waals surface area contributed by atoms with Crippen LogP contribution < -0.4 is 9.47 Å². The van der Waals surface area contributed by atoms with Gasteiger partial charge in [0.15, 0.2) is 23.9 Å². The van der Waals surface area contributed by atoms with E-state index in [0.717, 1.165) is 4.31 Å². The summed E-state index contributed by atoms with van der Waals surface area (Å²) < 4.78 is 41.0. The number of hydrogen-bond acceptors (Lipinski definition) is 7. The molecule has 1 aliphatic heterocycles. The van der Waals surface area contributed by atoms with E-state index in [1.165, 1.54) is 43.4 Å². The fourth-order valence-corrected chi connectivity index (χ4v) is 3.64. The number of rotatable bonds is 7. The Balaban J connectivity index is 1.56. The van der Waals surface area contributed by atoms with E-state index in [1.807, 2.05) is 0 Å². The van der Waals surface area contributed by atoms with Crippen LogP contribution in [0.5, 0.6) is 11.5 Å². The summed E-state index contributed by atoms with van der Waals surface area (Å²) in [6.07, 6.45) is 0. The van der Waals surface area contributed by atoms with Gasteiger partial charge in [-0.2, -0.15) is 4.31 Å². The van der Waals surface area contributed by atoms with Gasteiger partial charge in [0.05, 0.1) is 4.90 Å². The average molecular weight is 426 g/mol. The third kappa shape index (κ3) is 4.44. The van der Waals surface area contributed by atoms with Crippen molar-refractivity contribution in [2.75, 3.05) is 27.0 Å². The molecule has 3 rings (SSSR count). The summed E-state index contributed by atoms with van der Waals surface area (Å²) in [6, 6.07) is 10.2. The smallest absolute Gasteiger partial charge is 0.321 e. The maximum absolute atomic E-state index is 12.4. The normalized spacial score (nSPS) is 12.8. The summed E-state index contributed by atoms with van der Waals surface area (Å²) in [7, 11) is -2.65. The highest BCUT2D eigenvalue weighted by Crippen LogP contribution is 2.32. The summed E-state index contributed by atoms with van der Waals surface area (Å²) in [6.45, 7) is -0.983. The molecule has 0 atom stereocenters. The molecule has 0 N–H and O–H groups in total. The summed E-state index contributed by atoms with van der Waals surface area (Å²) in [4.78, 5) is 24.1. The number of esters is 1. The Morgan fingerprint density at radius 2 is 1.79 bits per heavy atom. The van der Waals surface area contributed by atoms with Crippen molar-refractivity contribution in [3.63, 3.8) is 0 Å². The van der Waals surface area contributed by atoms with Crippen molar-refractivity contribution in [2.45, 2.75) is 4.90 Å². The van der Waals surface area contributed by atoms with E-state index in [4.69, 9.17) is 25.8 Å². The third-order valence-electron chi connectivity index (χ3n) is 3.93. The zero-order chi connectivity index (χ0) is 20.3. The Kier molecular flexibility index (Phi) is 5.87. The van der Waals surface area contributed by atoms with Gasteiger partial charge in [-0.3, -0.25) is 9.59 Å². The van der Waals surface area contributed by atoms with E-state index in [-0.39, 0.29) is 11.7 Å². The van der Waals surface area contributed by atoms with Gasteiger partial charge in [0.1, 0.15) is 6.54 Å². The molecule has 10 heteroatoms. The molecule has 0 aliphatic carbocycles. The number of hydrogen-bond donors (Lipinski definition) is 0. The number of halogens is 1. The van der Waals surface area contributed by atoms with Gasteiger partial charge in [0, 0.05) is 17.6 Å². The molecule has 0 saturated heterocycles. The number of ether oxygens (including phenoxy) is 3. The number of Topliss-reactive ketones (excluding diaryl/α,β-unsaturated/α-hetero) is 1. The zero-order valence-corrected chi connectivity index (χ0v) is 16.3. The van der Waals surface area contributed by atoms with Gasteiger partial charge in [-0.1, -0.05) is 11.6 Å². The van der Waals surface area contributed by atoms with Gasteiger partial charge in [0.25, 0.3) is 0 Å². The van der Waals surface area contributed by atoms with Crippen molar-refractivity contribution in [1.82, 2.24) is 4.31 Å². The Hall–Kier alpha value is -2.62. The lowest BCUT2D eigenvalue weighted by Gasteiger charge is -2.16. The highest BCUT2D eigenvalue weighted by atomic mass is 35.5. The molecule has 0 radical (unpaired) electrons. The maximum Gasteiger partial charge on any atom is 0.321 e. The Bertz CT molecular complexity index is 1010. The molecule has 0 amide bonds. The van der Waals surface area contributed by atoms with E-state index in [1.54, 1.807) is 6.07 Å². The molecule has 2 aromatic carbocycles. The number of nitrogens with zero attached hydrogens (tertiary/aromatic N) is 1. The van der Waals surface area contributed by atoms with Gasteiger partial charge in [-0.25, -0.2) is 8.42 Å². The molecule has 0 spiro atoms. The second kappa shape index (κ2) is 8.17. The van der Waals surface area contributed by atoms with Crippen molar-refractivity contribution >= 4 is 33.4 Å². The SMILES string of the molecule is CN(CC(=O)OCC(=O)c1ccc2c(c1)OCO2)S(=O)(=O)c1ccc(Cl)cc1. The van der Waals surface area contributed by atoms with E-state index in [0.29, 0.717) is 22.1 Å². The van der Waals surface area contributed by atoms with Crippen LogP contribution in [0, 0.1) is 0 Å². The van der Waals surface area contributed by atoms with Crippen molar-refractivity contribution < 1.29 is 32.2 Å². The van der Waals surface area contributed by atoms with Gasteiger partial charge < -0.3 is 14.2 Å². The average Bonchev–Trinajstić information content (AvgIpc) is 3.14. The Labute approximate surface area is 166 Å². The van der Waals surface area contributed by atoms with Gasteiger partial charge in [-0.15, -0.1) is 0 Å². The molecular formula is C18H16ClNO7S. The van der Waals surface area contributed by atoms with Crippen LogP contribution in [0.4, 0.5) is 0 Å². The van der Waals surface area contributed by atoms with Crippen LogP contribution in [-0.2, 0) is 19.6 Å². The number of sulfonamides is 1. The minimum absolute atomic E-state index is 0.0105. The Morgan fingerprint density at radius 1 is 1.11 bits per heavy atom. The summed E-state index contributed by atoms with van der Waals surface area (Å²) in [5, 5.41) is 0.392. The van der Waals surface area contributed by atoms with Crippen LogP contribution in [0.3, 0.4) is 0 Å². The Morgan fingerprint density at radius 3 is 2.50 bits per heavy atom. The van der Waals surface area contributed by atoms with Crippen molar-refractivity contribution in [2.24, 2.45) is 0 Å². The zero-order valence-electron chi connectivity index (χ0n) is 14.8. The minimum atomic E-state index is -3.89. The molecule has 0 bridgehead atoms. The summed E-state index contributed by atoms with van der Waals surface area (Å²) >= 11 is 5.75. The second-order valence-corrected chi connectivity index (χ2v) is 8.35. The molecule has 1 heterocycles. The molecule has 148 valence electrons. The van der Waals surface area contributed by atoms with E-state index in [9.17, 15) is 18.0 Å². The number of fused-ring (bicyclic) bond motifs is 1. The monoisotopic (exact) mass is 425 g/mol. The van der Waals surface area contributed by atoms with Crippen LogP contribution in [0.1, 0.15) is 10.4 Å². The molecule has 0 fully saturated rings. The standard InChI is InChI=1S/C18H16ClNO7S/c1-20(28(23,24)14-5-3-13(19)4-6-14)9-18(22)25-10-15(21)12-2-7-16-17(8-12)27-11-26-16/h2-8H,9-11H2,1H3. The van der Waals surface area contributed by atoms with Crippen LogP contribution in [0.15, 0.2) is 47.4 Å². The van der Waals surface area contributed by atoms with Gasteiger partial charge >= 0.3 is 5.97 Å². The first-order valence-corrected chi connectivity index (χ1v) is 9.89. The molecule has 0 unspecified atom stereocenters. The minimum Gasteiger partial charge on any atom is -0.456 e. The lowest BCUT2D eigenvalue weighted by atomic mass is 10.1. The van der Waals surface area contributed by atoms with Crippen molar-refractivity contribution in [3.05, 3.63) is 53.1 Å².